The Bertz CT molecular complexity index is 1450. The van der Waals surface area contributed by atoms with E-state index < -0.39 is 17.5 Å². The van der Waals surface area contributed by atoms with Gasteiger partial charge in [0.2, 0.25) is 5.88 Å². The van der Waals surface area contributed by atoms with Gasteiger partial charge in [-0.2, -0.15) is 0 Å². The van der Waals surface area contributed by atoms with Crippen molar-refractivity contribution in [2.75, 3.05) is 20.2 Å². The Kier molecular flexibility index (Phi) is 10.1. The lowest BCUT2D eigenvalue weighted by Crippen LogP contribution is -2.41. The van der Waals surface area contributed by atoms with Crippen LogP contribution in [0.4, 0.5) is 18.9 Å². The molecule has 0 aliphatic carbocycles. The number of ether oxygens (including phenoxy) is 2. The topological polar surface area (TPSA) is 66.7 Å². The molecule has 4 rings (SSSR count). The maximum atomic E-state index is 15.4. The average molecular weight is 564 g/mol. The SMILES string of the molecule is C=C/C(=N\C(=C)OCc1ccc(F)cc1F)c1ccc(CC(=Nc2ccc(CO)cc2)N(C)CC2CCO2)c(F)c1. The summed E-state index contributed by atoms with van der Waals surface area (Å²) < 4.78 is 53.4. The molecule has 214 valence electrons. The fourth-order valence-corrected chi connectivity index (χ4v) is 4.14. The predicted octanol–water partition coefficient (Wildman–Crippen LogP) is 6.25. The molecule has 1 unspecified atom stereocenters. The van der Waals surface area contributed by atoms with Crippen LogP contribution in [0.3, 0.4) is 0 Å². The molecule has 1 aliphatic heterocycles. The minimum atomic E-state index is -0.737. The maximum Gasteiger partial charge on any atom is 0.206 e. The van der Waals surface area contributed by atoms with Gasteiger partial charge in [0.1, 0.15) is 29.9 Å². The molecule has 1 heterocycles. The predicted molar refractivity (Wildman–Crippen MR) is 154 cm³/mol. The fourth-order valence-electron chi connectivity index (χ4n) is 4.14. The van der Waals surface area contributed by atoms with Crippen LogP contribution in [0.15, 0.2) is 95.8 Å². The van der Waals surface area contributed by atoms with Gasteiger partial charge in [-0.25, -0.2) is 23.2 Å². The van der Waals surface area contributed by atoms with Crippen molar-refractivity contribution in [3.63, 3.8) is 0 Å². The van der Waals surface area contributed by atoms with Gasteiger partial charge in [0.15, 0.2) is 0 Å². The van der Waals surface area contributed by atoms with E-state index in [0.717, 1.165) is 30.7 Å². The van der Waals surface area contributed by atoms with E-state index in [0.29, 0.717) is 34.9 Å². The summed E-state index contributed by atoms with van der Waals surface area (Å²) in [6, 6.07) is 15.1. The van der Waals surface area contributed by atoms with Gasteiger partial charge in [-0.3, -0.25) is 0 Å². The summed E-state index contributed by atoms with van der Waals surface area (Å²) in [5.74, 6) is -1.24. The summed E-state index contributed by atoms with van der Waals surface area (Å²) in [5.41, 5.74) is 2.82. The Morgan fingerprint density at radius 1 is 1.07 bits per heavy atom. The molecule has 1 aliphatic rings. The lowest BCUT2D eigenvalue weighted by atomic mass is 10.0. The van der Waals surface area contributed by atoms with Crippen molar-refractivity contribution in [3.8, 4) is 0 Å². The van der Waals surface area contributed by atoms with E-state index in [1.54, 1.807) is 24.3 Å². The Labute approximate surface area is 237 Å². The van der Waals surface area contributed by atoms with Gasteiger partial charge in [0.25, 0.3) is 0 Å². The molecule has 6 nitrogen and oxygen atoms in total. The molecule has 0 radical (unpaired) electrons. The van der Waals surface area contributed by atoms with Gasteiger partial charge in [0.05, 0.1) is 24.1 Å². The largest absolute Gasteiger partial charge is 0.473 e. The van der Waals surface area contributed by atoms with E-state index in [9.17, 15) is 13.9 Å². The first kappa shape index (κ1) is 29.8. The number of halogens is 3. The van der Waals surface area contributed by atoms with Crippen LogP contribution in [-0.2, 0) is 29.1 Å². The number of aliphatic hydroxyl groups excluding tert-OH is 1. The molecule has 1 atom stereocenters. The number of allylic oxidation sites excluding steroid dienone is 1. The highest BCUT2D eigenvalue weighted by Gasteiger charge is 2.22. The van der Waals surface area contributed by atoms with Crippen LogP contribution >= 0.6 is 0 Å². The van der Waals surface area contributed by atoms with Gasteiger partial charge in [-0.05, 0) is 60.5 Å². The quantitative estimate of drug-likeness (QED) is 0.161. The Balaban J connectivity index is 1.50. The molecule has 1 saturated heterocycles. The van der Waals surface area contributed by atoms with Crippen molar-refractivity contribution in [1.82, 2.24) is 4.90 Å². The van der Waals surface area contributed by atoms with Gasteiger partial charge < -0.3 is 19.5 Å². The summed E-state index contributed by atoms with van der Waals surface area (Å²) in [4.78, 5) is 11.0. The van der Waals surface area contributed by atoms with Crippen LogP contribution in [0.1, 0.15) is 28.7 Å². The molecule has 41 heavy (non-hydrogen) atoms. The second-order valence-electron chi connectivity index (χ2n) is 9.62. The molecule has 3 aromatic rings. The van der Waals surface area contributed by atoms with Crippen LogP contribution < -0.4 is 0 Å². The van der Waals surface area contributed by atoms with E-state index in [4.69, 9.17) is 14.5 Å². The first-order chi connectivity index (χ1) is 19.7. The second kappa shape index (κ2) is 13.9. The molecule has 0 spiro atoms. The smallest absolute Gasteiger partial charge is 0.206 e. The lowest BCUT2D eigenvalue weighted by Gasteiger charge is -2.32. The zero-order chi connectivity index (χ0) is 29.4. The van der Waals surface area contributed by atoms with Gasteiger partial charge in [-0.1, -0.05) is 30.8 Å². The number of likely N-dealkylation sites (N-methyl/N-ethyl adjacent to an activating group) is 1. The van der Waals surface area contributed by atoms with Crippen molar-refractivity contribution >= 4 is 17.2 Å². The Morgan fingerprint density at radius 2 is 1.78 bits per heavy atom. The minimum absolute atomic E-state index is 0.0328. The summed E-state index contributed by atoms with van der Waals surface area (Å²) in [6.45, 7) is 8.58. The van der Waals surface area contributed by atoms with E-state index in [1.807, 2.05) is 24.1 Å². The normalized spacial score (nSPS) is 15.3. The van der Waals surface area contributed by atoms with Gasteiger partial charge >= 0.3 is 0 Å². The number of hydrogen-bond acceptors (Lipinski definition) is 5. The third-order valence-electron chi connectivity index (χ3n) is 6.63. The summed E-state index contributed by atoms with van der Waals surface area (Å²) in [7, 11) is 1.90. The number of nitrogens with zero attached hydrogens (tertiary/aromatic N) is 3. The minimum Gasteiger partial charge on any atom is -0.473 e. The van der Waals surface area contributed by atoms with E-state index in [-0.39, 0.29) is 37.2 Å². The first-order valence-electron chi connectivity index (χ1n) is 13.1. The average Bonchev–Trinajstić information content (AvgIpc) is 2.94. The second-order valence-corrected chi connectivity index (χ2v) is 9.62. The molecule has 0 saturated carbocycles. The third kappa shape index (κ3) is 8.15. The number of rotatable bonds is 12. The Morgan fingerprint density at radius 3 is 2.39 bits per heavy atom. The highest BCUT2D eigenvalue weighted by atomic mass is 19.1. The highest BCUT2D eigenvalue weighted by Crippen LogP contribution is 2.21. The molecule has 0 aromatic heterocycles. The molecule has 0 amide bonds. The van der Waals surface area contributed by atoms with Crippen LogP contribution in [0.5, 0.6) is 0 Å². The molecular formula is C32H32F3N3O3. The van der Waals surface area contributed by atoms with Gasteiger partial charge in [0, 0.05) is 43.8 Å². The number of aliphatic hydroxyl groups is 1. The van der Waals surface area contributed by atoms with Crippen LogP contribution in [0.25, 0.3) is 0 Å². The monoisotopic (exact) mass is 563 g/mol. The Hall–Kier alpha value is -4.21. The van der Waals surface area contributed by atoms with E-state index in [1.165, 1.54) is 18.2 Å². The number of benzene rings is 3. The summed E-state index contributed by atoms with van der Waals surface area (Å²) in [5, 5.41) is 9.33. The van der Waals surface area contributed by atoms with Crippen molar-refractivity contribution in [1.29, 1.82) is 0 Å². The van der Waals surface area contributed by atoms with Crippen molar-refractivity contribution in [3.05, 3.63) is 125 Å². The van der Waals surface area contributed by atoms with Gasteiger partial charge in [-0.15, -0.1) is 0 Å². The fraction of sp³-hybridized carbons (Fsp3) is 0.250. The van der Waals surface area contributed by atoms with Crippen LogP contribution in [0.2, 0.25) is 0 Å². The molecule has 3 aromatic carbocycles. The molecule has 0 bridgehead atoms. The first-order valence-corrected chi connectivity index (χ1v) is 13.1. The third-order valence-corrected chi connectivity index (χ3v) is 6.63. The summed E-state index contributed by atoms with van der Waals surface area (Å²) >= 11 is 0. The summed E-state index contributed by atoms with van der Waals surface area (Å²) in [6.07, 6.45) is 2.74. The standard InChI is InChI=1S/C32H32F3N3O3/c1-4-31(36-21(2)41-20-25-9-10-26(33)17-30(25)35)24-8-7-23(29(34)15-24)16-32(38(3)18-28-13-14-40-28)37-27-11-5-22(19-39)6-12-27/h4-12,15,17,28,39H,1-2,13-14,16,18-20H2,3H3/b36-31+,37-32?. The lowest BCUT2D eigenvalue weighted by molar-refractivity contribution is -0.0570. The zero-order valence-corrected chi connectivity index (χ0v) is 22.8. The van der Waals surface area contributed by atoms with Crippen molar-refractivity contribution in [2.45, 2.75) is 32.2 Å². The molecule has 9 heteroatoms. The van der Waals surface area contributed by atoms with Crippen LogP contribution in [0, 0.1) is 17.5 Å². The van der Waals surface area contributed by atoms with Crippen molar-refractivity contribution < 1.29 is 27.8 Å². The van der Waals surface area contributed by atoms with E-state index in [2.05, 4.69) is 18.2 Å². The van der Waals surface area contributed by atoms with Crippen LogP contribution in [-0.4, -0.2) is 47.9 Å². The maximum absolute atomic E-state index is 15.4. The highest BCUT2D eigenvalue weighted by molar-refractivity contribution is 6.08. The number of amidine groups is 1. The van der Waals surface area contributed by atoms with E-state index >= 15 is 4.39 Å². The number of aliphatic imine (C=N–C) groups is 2. The molecule has 1 N–H and O–H groups in total. The molecule has 1 fully saturated rings. The zero-order valence-electron chi connectivity index (χ0n) is 22.8. The molecular weight excluding hydrogens is 531 g/mol. The van der Waals surface area contributed by atoms with Crippen molar-refractivity contribution in [2.24, 2.45) is 9.98 Å². The number of hydrogen-bond donors (Lipinski definition) is 1.